The highest BCUT2D eigenvalue weighted by Crippen LogP contribution is 2.20. The molecule has 1 aromatic heterocycles. The summed E-state index contributed by atoms with van der Waals surface area (Å²) in [5, 5.41) is 6.29. The van der Waals surface area contributed by atoms with Crippen molar-refractivity contribution in [2.24, 2.45) is 0 Å². The number of fused-ring (bicyclic) bond motifs is 1. The van der Waals surface area contributed by atoms with Gasteiger partial charge >= 0.3 is 0 Å². The van der Waals surface area contributed by atoms with Crippen LogP contribution in [0.2, 0.25) is 0 Å². The van der Waals surface area contributed by atoms with E-state index in [1.54, 1.807) is 0 Å². The van der Waals surface area contributed by atoms with Crippen molar-refractivity contribution in [2.75, 3.05) is 0 Å². The molecule has 3 nitrogen and oxygen atoms in total. The van der Waals surface area contributed by atoms with Crippen LogP contribution in [-0.4, -0.2) is 10.1 Å². The zero-order valence-electron chi connectivity index (χ0n) is 9.55. The number of nitrogens with zero attached hydrogens (tertiary/aromatic N) is 2. The van der Waals surface area contributed by atoms with Crippen LogP contribution in [0, 0.1) is 6.92 Å². The van der Waals surface area contributed by atoms with Crippen LogP contribution < -0.4 is 0 Å². The molecule has 2 aromatic carbocycles. The molecule has 1 heterocycles. The molecular weight excluding hydrogens is 212 g/mol. The third kappa shape index (κ3) is 1.91. The summed E-state index contributed by atoms with van der Waals surface area (Å²) in [5.74, 6) is 1.35. The van der Waals surface area contributed by atoms with E-state index in [-0.39, 0.29) is 0 Å². The molecule has 0 unspecified atom stereocenters. The second kappa shape index (κ2) is 4.01. The average molecular weight is 224 g/mol. The smallest absolute Gasteiger partial charge is 0.231 e. The Balaban J connectivity index is 2.05. The van der Waals surface area contributed by atoms with Gasteiger partial charge in [-0.2, -0.15) is 4.98 Å². The third-order valence-electron chi connectivity index (χ3n) is 2.79. The van der Waals surface area contributed by atoms with Crippen LogP contribution in [-0.2, 0) is 6.42 Å². The number of aromatic nitrogens is 2. The Bertz CT molecular complexity index is 653. The summed E-state index contributed by atoms with van der Waals surface area (Å²) in [6, 6.07) is 14.6. The first-order valence-corrected chi connectivity index (χ1v) is 5.59. The molecule has 3 aromatic rings. The van der Waals surface area contributed by atoms with Crippen LogP contribution in [0.3, 0.4) is 0 Å². The minimum Gasteiger partial charge on any atom is -0.339 e. The van der Waals surface area contributed by atoms with E-state index in [2.05, 4.69) is 40.5 Å². The van der Waals surface area contributed by atoms with E-state index in [1.807, 2.05) is 19.1 Å². The molecule has 84 valence electrons. The summed E-state index contributed by atoms with van der Waals surface area (Å²) in [5.41, 5.74) is 1.21. The second-order valence-corrected chi connectivity index (χ2v) is 4.05. The lowest BCUT2D eigenvalue weighted by Gasteiger charge is -2.03. The molecule has 0 aliphatic carbocycles. The fourth-order valence-corrected chi connectivity index (χ4v) is 2.02. The lowest BCUT2D eigenvalue weighted by molar-refractivity contribution is 0.381. The quantitative estimate of drug-likeness (QED) is 0.671. The highest BCUT2D eigenvalue weighted by Gasteiger charge is 2.06. The molecule has 3 rings (SSSR count). The Labute approximate surface area is 99.1 Å². The molecule has 0 amide bonds. The number of aryl methyl sites for hydroxylation is 1. The van der Waals surface area contributed by atoms with Gasteiger partial charge in [-0.1, -0.05) is 47.6 Å². The summed E-state index contributed by atoms with van der Waals surface area (Å²) in [6.07, 6.45) is 0.683. The highest BCUT2D eigenvalue weighted by atomic mass is 16.5. The summed E-state index contributed by atoms with van der Waals surface area (Å²) in [4.78, 5) is 4.23. The molecule has 0 bridgehead atoms. The monoisotopic (exact) mass is 224 g/mol. The first-order chi connectivity index (χ1) is 8.33. The Morgan fingerprint density at radius 3 is 2.71 bits per heavy atom. The predicted octanol–water partition coefficient (Wildman–Crippen LogP) is 3.12. The van der Waals surface area contributed by atoms with Gasteiger partial charge in [0.05, 0.1) is 6.42 Å². The highest BCUT2D eigenvalue weighted by molar-refractivity contribution is 5.85. The van der Waals surface area contributed by atoms with Crippen LogP contribution >= 0.6 is 0 Å². The minimum atomic E-state index is 0.666. The van der Waals surface area contributed by atoms with Gasteiger partial charge in [-0.25, -0.2) is 0 Å². The van der Waals surface area contributed by atoms with Gasteiger partial charge in [0.1, 0.15) is 0 Å². The molecule has 0 atom stereocenters. The van der Waals surface area contributed by atoms with Crippen LogP contribution in [0.1, 0.15) is 17.3 Å². The summed E-state index contributed by atoms with van der Waals surface area (Å²) >= 11 is 0. The van der Waals surface area contributed by atoms with Gasteiger partial charge in [0.2, 0.25) is 5.89 Å². The molecule has 3 heteroatoms. The van der Waals surface area contributed by atoms with E-state index in [4.69, 9.17) is 4.52 Å². The zero-order chi connectivity index (χ0) is 11.7. The van der Waals surface area contributed by atoms with Crippen molar-refractivity contribution >= 4 is 10.8 Å². The molecule has 0 spiro atoms. The number of benzene rings is 2. The van der Waals surface area contributed by atoms with Crippen LogP contribution in [0.5, 0.6) is 0 Å². The van der Waals surface area contributed by atoms with Gasteiger partial charge in [-0.3, -0.25) is 0 Å². The van der Waals surface area contributed by atoms with Crippen LogP contribution in [0.4, 0.5) is 0 Å². The fraction of sp³-hybridized carbons (Fsp3) is 0.143. The lowest BCUT2D eigenvalue weighted by atomic mass is 10.0. The van der Waals surface area contributed by atoms with Crippen LogP contribution in [0.25, 0.3) is 10.8 Å². The predicted molar refractivity (Wildman–Crippen MR) is 65.8 cm³/mol. The van der Waals surface area contributed by atoms with E-state index in [0.29, 0.717) is 18.1 Å². The molecule has 0 aliphatic rings. The summed E-state index contributed by atoms with van der Waals surface area (Å²) in [7, 11) is 0. The Morgan fingerprint density at radius 2 is 1.88 bits per heavy atom. The third-order valence-corrected chi connectivity index (χ3v) is 2.79. The second-order valence-electron chi connectivity index (χ2n) is 4.05. The van der Waals surface area contributed by atoms with E-state index in [0.717, 1.165) is 0 Å². The van der Waals surface area contributed by atoms with Crippen molar-refractivity contribution in [3.63, 3.8) is 0 Å². The molecule has 17 heavy (non-hydrogen) atoms. The standard InChI is InChI=1S/C14H12N2O/c1-10-15-14(17-16-10)9-12-7-4-6-11-5-2-3-8-13(11)12/h2-8H,9H2,1H3. The number of hydrogen-bond acceptors (Lipinski definition) is 3. The fourth-order valence-electron chi connectivity index (χ4n) is 2.02. The molecule has 0 aliphatic heterocycles. The maximum atomic E-state index is 5.16. The SMILES string of the molecule is Cc1noc(Cc2cccc3ccccc23)n1. The van der Waals surface area contributed by atoms with E-state index in [1.165, 1.54) is 16.3 Å². The van der Waals surface area contributed by atoms with Gasteiger partial charge in [0.25, 0.3) is 0 Å². The van der Waals surface area contributed by atoms with Gasteiger partial charge in [-0.15, -0.1) is 0 Å². The minimum absolute atomic E-state index is 0.666. The van der Waals surface area contributed by atoms with Crippen molar-refractivity contribution in [3.8, 4) is 0 Å². The van der Waals surface area contributed by atoms with Crippen molar-refractivity contribution in [2.45, 2.75) is 13.3 Å². The van der Waals surface area contributed by atoms with Gasteiger partial charge in [-0.05, 0) is 23.3 Å². The summed E-state index contributed by atoms with van der Waals surface area (Å²) in [6.45, 7) is 1.83. The van der Waals surface area contributed by atoms with Crippen molar-refractivity contribution in [1.82, 2.24) is 10.1 Å². The van der Waals surface area contributed by atoms with E-state index >= 15 is 0 Å². The van der Waals surface area contributed by atoms with Crippen molar-refractivity contribution in [1.29, 1.82) is 0 Å². The molecule has 0 fully saturated rings. The van der Waals surface area contributed by atoms with Crippen LogP contribution in [0.15, 0.2) is 47.0 Å². The maximum absolute atomic E-state index is 5.16. The van der Waals surface area contributed by atoms with Gasteiger partial charge in [0, 0.05) is 0 Å². The maximum Gasteiger partial charge on any atom is 0.231 e. The molecule has 0 saturated carbocycles. The Kier molecular flexibility index (Phi) is 2.37. The first-order valence-electron chi connectivity index (χ1n) is 5.59. The lowest BCUT2D eigenvalue weighted by Crippen LogP contribution is -1.90. The van der Waals surface area contributed by atoms with E-state index in [9.17, 15) is 0 Å². The van der Waals surface area contributed by atoms with Crippen molar-refractivity contribution < 1.29 is 4.52 Å². The molecule has 0 radical (unpaired) electrons. The molecular formula is C14H12N2O. The topological polar surface area (TPSA) is 38.9 Å². The average Bonchev–Trinajstić information content (AvgIpc) is 2.75. The molecule has 0 N–H and O–H groups in total. The van der Waals surface area contributed by atoms with Gasteiger partial charge in [0.15, 0.2) is 5.82 Å². The first kappa shape index (κ1) is 10.0. The Morgan fingerprint density at radius 1 is 1.06 bits per heavy atom. The van der Waals surface area contributed by atoms with Gasteiger partial charge < -0.3 is 4.52 Å². The summed E-state index contributed by atoms with van der Waals surface area (Å²) < 4.78 is 5.16. The molecule has 0 saturated heterocycles. The zero-order valence-corrected chi connectivity index (χ0v) is 9.55. The Hall–Kier alpha value is -2.16. The number of rotatable bonds is 2. The van der Waals surface area contributed by atoms with E-state index < -0.39 is 0 Å². The normalized spacial score (nSPS) is 10.9. The largest absolute Gasteiger partial charge is 0.339 e. The number of hydrogen-bond donors (Lipinski definition) is 0. The van der Waals surface area contributed by atoms with Crippen molar-refractivity contribution in [3.05, 3.63) is 59.7 Å².